The van der Waals surface area contributed by atoms with Gasteiger partial charge in [-0.2, -0.15) is 0 Å². The molecule has 1 aliphatic carbocycles. The van der Waals surface area contributed by atoms with Gasteiger partial charge in [0.25, 0.3) is 0 Å². The number of carbonyl (C=O) groups excluding carboxylic acids is 2. The number of hydrogen-bond acceptors (Lipinski definition) is 3. The van der Waals surface area contributed by atoms with E-state index in [0.29, 0.717) is 16.7 Å². The zero-order valence-corrected chi connectivity index (χ0v) is 7.07. The molecule has 0 saturated heterocycles. The number of nitrogens with zero attached hydrogens (tertiary/aromatic N) is 1. The summed E-state index contributed by atoms with van der Waals surface area (Å²) in [5.41, 5.74) is 1.34. The number of hydrogen-bond donors (Lipinski definition) is 0. The van der Waals surface area contributed by atoms with Gasteiger partial charge in [0.05, 0.1) is 5.56 Å². The van der Waals surface area contributed by atoms with E-state index in [2.05, 4.69) is 4.98 Å². The van der Waals surface area contributed by atoms with Gasteiger partial charge in [0.15, 0.2) is 11.6 Å². The molecule has 0 unspecified atom stereocenters. The van der Waals surface area contributed by atoms with Crippen LogP contribution in [0.15, 0.2) is 30.1 Å². The van der Waals surface area contributed by atoms with Crippen molar-refractivity contribution in [3.63, 3.8) is 0 Å². The molecule has 0 N–H and O–H groups in total. The van der Waals surface area contributed by atoms with Crippen LogP contribution in [0.1, 0.15) is 27.6 Å². The second-order valence-corrected chi connectivity index (χ2v) is 2.94. The third-order valence-electron chi connectivity index (χ3n) is 2.04. The molecule has 0 aliphatic heterocycles. The van der Waals surface area contributed by atoms with Crippen LogP contribution in [0, 0.1) is 0 Å². The maximum Gasteiger partial charge on any atom is 0.191 e. The number of fused-ring (bicyclic) bond motifs is 1. The van der Waals surface area contributed by atoms with Crippen LogP contribution in [0.4, 0.5) is 0 Å². The molecule has 0 fully saturated rings. The van der Waals surface area contributed by atoms with E-state index in [-0.39, 0.29) is 11.6 Å². The summed E-state index contributed by atoms with van der Waals surface area (Å²) >= 11 is 0. The van der Waals surface area contributed by atoms with Crippen molar-refractivity contribution in [2.24, 2.45) is 0 Å². The monoisotopic (exact) mass is 173 g/mol. The van der Waals surface area contributed by atoms with Crippen molar-refractivity contribution in [2.45, 2.75) is 6.92 Å². The van der Waals surface area contributed by atoms with Crippen molar-refractivity contribution in [2.75, 3.05) is 0 Å². The predicted octanol–water partition coefficient (Wildman–Crippen LogP) is 1.41. The van der Waals surface area contributed by atoms with Gasteiger partial charge in [0.1, 0.15) is 0 Å². The molecule has 0 bridgehead atoms. The molecule has 3 heteroatoms. The Morgan fingerprint density at radius 3 is 2.77 bits per heavy atom. The molecule has 0 saturated carbocycles. The fraction of sp³-hybridized carbons (Fsp3) is 0.100. The van der Waals surface area contributed by atoms with Crippen LogP contribution < -0.4 is 0 Å². The number of aromatic nitrogens is 1. The first-order valence-electron chi connectivity index (χ1n) is 3.91. The van der Waals surface area contributed by atoms with E-state index in [4.69, 9.17) is 0 Å². The zero-order valence-electron chi connectivity index (χ0n) is 7.07. The summed E-state index contributed by atoms with van der Waals surface area (Å²) in [5, 5.41) is 0. The van der Waals surface area contributed by atoms with Gasteiger partial charge in [0.2, 0.25) is 0 Å². The molecular formula is C10H7NO2. The molecule has 0 atom stereocenters. The summed E-state index contributed by atoms with van der Waals surface area (Å²) in [6.45, 7) is 1.64. The van der Waals surface area contributed by atoms with E-state index in [0.717, 1.165) is 0 Å². The number of pyridine rings is 1. The lowest BCUT2D eigenvalue weighted by Gasteiger charge is -2.10. The van der Waals surface area contributed by atoms with Gasteiger partial charge in [-0.3, -0.25) is 14.6 Å². The minimum atomic E-state index is -0.116. The molecule has 0 aromatic carbocycles. The fourth-order valence-corrected chi connectivity index (χ4v) is 1.34. The van der Waals surface area contributed by atoms with Crippen molar-refractivity contribution in [3.8, 4) is 0 Å². The normalized spacial score (nSPS) is 15.3. The number of ketones is 2. The van der Waals surface area contributed by atoms with E-state index in [1.165, 1.54) is 18.5 Å². The van der Waals surface area contributed by atoms with E-state index in [1.54, 1.807) is 13.0 Å². The Balaban J connectivity index is 2.69. The van der Waals surface area contributed by atoms with Gasteiger partial charge < -0.3 is 0 Å². The summed E-state index contributed by atoms with van der Waals surface area (Å²) < 4.78 is 0. The van der Waals surface area contributed by atoms with Gasteiger partial charge in [-0.15, -0.1) is 0 Å². The Kier molecular flexibility index (Phi) is 1.59. The number of carbonyl (C=O) groups is 2. The quantitative estimate of drug-likeness (QED) is 0.595. The lowest BCUT2D eigenvalue weighted by molar-refractivity contribution is 0.0984. The molecule has 0 amide bonds. The fourth-order valence-electron chi connectivity index (χ4n) is 1.34. The van der Waals surface area contributed by atoms with Gasteiger partial charge in [-0.1, -0.05) is 0 Å². The van der Waals surface area contributed by atoms with Crippen LogP contribution >= 0.6 is 0 Å². The maximum atomic E-state index is 11.5. The predicted molar refractivity (Wildman–Crippen MR) is 46.7 cm³/mol. The SMILES string of the molecule is CC1=CC(=O)c2ccncc2C1=O. The maximum absolute atomic E-state index is 11.5. The van der Waals surface area contributed by atoms with E-state index in [9.17, 15) is 9.59 Å². The molecule has 1 heterocycles. The first-order chi connectivity index (χ1) is 6.20. The summed E-state index contributed by atoms with van der Waals surface area (Å²) in [5.74, 6) is -0.225. The highest BCUT2D eigenvalue weighted by molar-refractivity contribution is 6.24. The van der Waals surface area contributed by atoms with Gasteiger partial charge in [-0.25, -0.2) is 0 Å². The highest BCUT2D eigenvalue weighted by Crippen LogP contribution is 2.19. The Labute approximate surface area is 75.1 Å². The van der Waals surface area contributed by atoms with Crippen LogP contribution in [-0.2, 0) is 0 Å². The Bertz CT molecular complexity index is 432. The van der Waals surface area contributed by atoms with Crippen LogP contribution in [-0.4, -0.2) is 16.6 Å². The topological polar surface area (TPSA) is 47.0 Å². The van der Waals surface area contributed by atoms with Crippen LogP contribution in [0.25, 0.3) is 0 Å². The van der Waals surface area contributed by atoms with E-state index >= 15 is 0 Å². The van der Waals surface area contributed by atoms with Crippen molar-refractivity contribution in [3.05, 3.63) is 41.2 Å². The van der Waals surface area contributed by atoms with Crippen LogP contribution in [0.2, 0.25) is 0 Å². The molecule has 1 aliphatic rings. The standard InChI is InChI=1S/C10H7NO2/c1-6-4-9(12)7-2-3-11-5-8(7)10(6)13/h2-5H,1H3. The largest absolute Gasteiger partial charge is 0.289 e. The highest BCUT2D eigenvalue weighted by Gasteiger charge is 2.22. The van der Waals surface area contributed by atoms with E-state index < -0.39 is 0 Å². The third kappa shape index (κ3) is 1.09. The molecular weight excluding hydrogens is 166 g/mol. The lowest BCUT2D eigenvalue weighted by Crippen LogP contribution is -2.15. The second kappa shape index (κ2) is 2.62. The summed E-state index contributed by atoms with van der Waals surface area (Å²) in [6.07, 6.45) is 4.31. The summed E-state index contributed by atoms with van der Waals surface area (Å²) in [4.78, 5) is 26.7. The Hall–Kier alpha value is -1.77. The van der Waals surface area contributed by atoms with Crippen molar-refractivity contribution in [1.29, 1.82) is 0 Å². The van der Waals surface area contributed by atoms with Crippen LogP contribution in [0.3, 0.4) is 0 Å². The average Bonchev–Trinajstić information content (AvgIpc) is 2.15. The van der Waals surface area contributed by atoms with Crippen molar-refractivity contribution in [1.82, 2.24) is 4.98 Å². The second-order valence-electron chi connectivity index (χ2n) is 2.94. The number of Topliss-reactive ketones (excluding diaryl/α,β-unsaturated/α-hetero) is 1. The Morgan fingerprint density at radius 2 is 2.00 bits per heavy atom. The van der Waals surface area contributed by atoms with Gasteiger partial charge in [-0.05, 0) is 19.1 Å². The molecule has 0 spiro atoms. The number of allylic oxidation sites excluding steroid dienone is 2. The smallest absolute Gasteiger partial charge is 0.191 e. The third-order valence-corrected chi connectivity index (χ3v) is 2.04. The first-order valence-corrected chi connectivity index (χ1v) is 3.91. The first kappa shape index (κ1) is 7.86. The minimum absolute atomic E-state index is 0.109. The summed E-state index contributed by atoms with van der Waals surface area (Å²) in [6, 6.07) is 1.57. The van der Waals surface area contributed by atoms with Crippen molar-refractivity contribution >= 4 is 11.6 Å². The Morgan fingerprint density at radius 1 is 1.23 bits per heavy atom. The molecule has 3 nitrogen and oxygen atoms in total. The highest BCUT2D eigenvalue weighted by atomic mass is 16.1. The van der Waals surface area contributed by atoms with E-state index in [1.807, 2.05) is 0 Å². The van der Waals surface area contributed by atoms with Crippen molar-refractivity contribution < 1.29 is 9.59 Å². The summed E-state index contributed by atoms with van der Waals surface area (Å²) in [7, 11) is 0. The van der Waals surface area contributed by atoms with Gasteiger partial charge in [0, 0.05) is 23.5 Å². The molecule has 2 rings (SSSR count). The average molecular weight is 173 g/mol. The molecule has 64 valence electrons. The zero-order chi connectivity index (χ0) is 9.42. The molecule has 1 aromatic rings. The van der Waals surface area contributed by atoms with Crippen LogP contribution in [0.5, 0.6) is 0 Å². The minimum Gasteiger partial charge on any atom is -0.289 e. The number of rotatable bonds is 0. The molecule has 1 aromatic heterocycles. The van der Waals surface area contributed by atoms with Gasteiger partial charge >= 0.3 is 0 Å². The molecule has 13 heavy (non-hydrogen) atoms. The lowest BCUT2D eigenvalue weighted by atomic mass is 9.92. The molecule has 0 radical (unpaired) electrons.